The van der Waals surface area contributed by atoms with E-state index in [1.165, 1.54) is 12.0 Å². The standard InChI is InChI=1S/C21H28N2O6/c1-3-16(24)11-12-17(20(26)28-2)22-19(25)18-10-7-13-23(18)21(27)29-14-15-8-5-4-6-9-15/h4-6,8-9,17-18H,3,7,10-14H2,1-2H3,(H,22,25)/t17-,18+/m0/s1. The summed E-state index contributed by atoms with van der Waals surface area (Å²) in [6.45, 7) is 2.27. The fourth-order valence-corrected chi connectivity index (χ4v) is 3.20. The predicted octanol–water partition coefficient (Wildman–Crippen LogP) is 2.20. The SMILES string of the molecule is CCC(=O)CC[C@H](NC(=O)[C@H]1CCCN1C(=O)OCc1ccccc1)C(=O)OC. The van der Waals surface area contributed by atoms with E-state index in [0.29, 0.717) is 25.8 Å². The molecule has 1 N–H and O–H groups in total. The molecule has 0 bridgehead atoms. The van der Waals surface area contributed by atoms with Gasteiger partial charge in [-0.3, -0.25) is 14.5 Å². The molecule has 1 aliphatic heterocycles. The van der Waals surface area contributed by atoms with Gasteiger partial charge in [0.15, 0.2) is 0 Å². The molecule has 1 aromatic carbocycles. The lowest BCUT2D eigenvalue weighted by molar-refractivity contribution is -0.145. The van der Waals surface area contributed by atoms with Crippen molar-refractivity contribution in [2.75, 3.05) is 13.7 Å². The Bertz CT molecular complexity index is 721. The molecule has 8 heteroatoms. The van der Waals surface area contributed by atoms with Crippen LogP contribution in [0.3, 0.4) is 0 Å². The number of ketones is 1. The molecule has 1 aromatic rings. The molecule has 2 rings (SSSR count). The fourth-order valence-electron chi connectivity index (χ4n) is 3.20. The third-order valence-corrected chi connectivity index (χ3v) is 4.90. The molecule has 0 aliphatic carbocycles. The van der Waals surface area contributed by atoms with E-state index in [9.17, 15) is 19.2 Å². The van der Waals surface area contributed by atoms with Crippen molar-refractivity contribution in [3.05, 3.63) is 35.9 Å². The highest BCUT2D eigenvalue weighted by Crippen LogP contribution is 2.19. The van der Waals surface area contributed by atoms with Crippen molar-refractivity contribution in [2.45, 2.75) is 57.7 Å². The van der Waals surface area contributed by atoms with Crippen molar-refractivity contribution in [3.63, 3.8) is 0 Å². The second-order valence-electron chi connectivity index (χ2n) is 6.91. The molecule has 0 radical (unpaired) electrons. The number of carbonyl (C=O) groups excluding carboxylic acids is 4. The van der Waals surface area contributed by atoms with Gasteiger partial charge in [0.25, 0.3) is 0 Å². The zero-order valence-corrected chi connectivity index (χ0v) is 16.9. The van der Waals surface area contributed by atoms with Crippen LogP contribution >= 0.6 is 0 Å². The number of likely N-dealkylation sites (tertiary alicyclic amines) is 1. The van der Waals surface area contributed by atoms with Gasteiger partial charge in [0.05, 0.1) is 7.11 Å². The number of nitrogens with zero attached hydrogens (tertiary/aromatic N) is 1. The summed E-state index contributed by atoms with van der Waals surface area (Å²) in [5, 5.41) is 2.63. The summed E-state index contributed by atoms with van der Waals surface area (Å²) in [4.78, 5) is 50.1. The van der Waals surface area contributed by atoms with Gasteiger partial charge in [-0.05, 0) is 24.8 Å². The lowest BCUT2D eigenvalue weighted by Gasteiger charge is -2.25. The number of Topliss-reactive ketones (excluding diaryl/α,β-unsaturated/α-hetero) is 1. The second kappa shape index (κ2) is 11.2. The maximum Gasteiger partial charge on any atom is 0.410 e. The number of esters is 1. The zero-order chi connectivity index (χ0) is 21.2. The molecule has 0 aromatic heterocycles. The second-order valence-corrected chi connectivity index (χ2v) is 6.91. The van der Waals surface area contributed by atoms with Crippen molar-refractivity contribution < 1.29 is 28.7 Å². The fraction of sp³-hybridized carbons (Fsp3) is 0.524. The first kappa shape index (κ1) is 22.4. The minimum atomic E-state index is -0.925. The predicted molar refractivity (Wildman–Crippen MR) is 105 cm³/mol. The van der Waals surface area contributed by atoms with Crippen LogP contribution in [-0.4, -0.2) is 54.4 Å². The van der Waals surface area contributed by atoms with Crippen LogP contribution in [0.25, 0.3) is 0 Å². The highest BCUT2D eigenvalue weighted by Gasteiger charge is 2.37. The van der Waals surface area contributed by atoms with Gasteiger partial charge in [-0.1, -0.05) is 37.3 Å². The van der Waals surface area contributed by atoms with Crippen LogP contribution in [-0.2, 0) is 30.5 Å². The molecule has 1 saturated heterocycles. The van der Waals surface area contributed by atoms with Crippen molar-refractivity contribution in [1.82, 2.24) is 10.2 Å². The Labute approximate surface area is 170 Å². The lowest BCUT2D eigenvalue weighted by Crippen LogP contribution is -2.51. The number of ether oxygens (including phenoxy) is 2. The summed E-state index contributed by atoms with van der Waals surface area (Å²) in [6, 6.07) is 7.63. The molecule has 1 aliphatic rings. The van der Waals surface area contributed by atoms with Gasteiger partial charge in [-0.15, -0.1) is 0 Å². The van der Waals surface area contributed by atoms with E-state index >= 15 is 0 Å². The number of carbonyl (C=O) groups is 4. The molecule has 1 heterocycles. The van der Waals surface area contributed by atoms with E-state index in [1.54, 1.807) is 6.92 Å². The number of hydrogen-bond donors (Lipinski definition) is 1. The van der Waals surface area contributed by atoms with Gasteiger partial charge in [0, 0.05) is 19.4 Å². The summed E-state index contributed by atoms with van der Waals surface area (Å²) in [7, 11) is 1.23. The highest BCUT2D eigenvalue weighted by molar-refractivity contribution is 5.90. The van der Waals surface area contributed by atoms with E-state index in [1.807, 2.05) is 30.3 Å². The number of benzene rings is 1. The molecule has 0 saturated carbocycles. The minimum absolute atomic E-state index is 0.000125. The van der Waals surface area contributed by atoms with Crippen LogP contribution in [0.2, 0.25) is 0 Å². The molecular formula is C21H28N2O6. The van der Waals surface area contributed by atoms with Crippen LogP contribution in [0.1, 0.15) is 44.6 Å². The molecule has 0 unspecified atom stereocenters. The van der Waals surface area contributed by atoms with Crippen LogP contribution in [0.15, 0.2) is 30.3 Å². The van der Waals surface area contributed by atoms with E-state index in [0.717, 1.165) is 5.56 Å². The molecule has 29 heavy (non-hydrogen) atoms. The molecule has 158 valence electrons. The number of nitrogens with one attached hydrogen (secondary N) is 1. The van der Waals surface area contributed by atoms with Crippen molar-refractivity contribution in [1.29, 1.82) is 0 Å². The number of rotatable bonds is 9. The first-order valence-corrected chi connectivity index (χ1v) is 9.83. The highest BCUT2D eigenvalue weighted by atomic mass is 16.6. The zero-order valence-electron chi connectivity index (χ0n) is 16.9. The van der Waals surface area contributed by atoms with Crippen molar-refractivity contribution >= 4 is 23.8 Å². The minimum Gasteiger partial charge on any atom is -0.467 e. The Kier molecular flexibility index (Phi) is 8.64. The molecule has 2 amide bonds. The van der Waals surface area contributed by atoms with Crippen LogP contribution in [0, 0.1) is 0 Å². The summed E-state index contributed by atoms with van der Waals surface area (Å²) < 4.78 is 10.1. The van der Waals surface area contributed by atoms with Gasteiger partial charge in [0.1, 0.15) is 24.5 Å². The average molecular weight is 404 g/mol. The summed E-state index contributed by atoms with van der Waals surface area (Å²) in [5.41, 5.74) is 0.854. The van der Waals surface area contributed by atoms with Crippen molar-refractivity contribution in [2.24, 2.45) is 0 Å². The van der Waals surface area contributed by atoms with E-state index < -0.39 is 30.1 Å². The Morgan fingerprint density at radius 3 is 2.59 bits per heavy atom. The average Bonchev–Trinajstić information content (AvgIpc) is 3.24. The summed E-state index contributed by atoms with van der Waals surface area (Å²) in [5.74, 6) is -1.06. The lowest BCUT2D eigenvalue weighted by atomic mass is 10.1. The number of methoxy groups -OCH3 is 1. The van der Waals surface area contributed by atoms with Gasteiger partial charge in [-0.2, -0.15) is 0 Å². The number of amides is 2. The molecule has 1 fully saturated rings. The van der Waals surface area contributed by atoms with E-state index in [2.05, 4.69) is 5.32 Å². The van der Waals surface area contributed by atoms with Gasteiger partial charge in [0.2, 0.25) is 5.91 Å². The summed E-state index contributed by atoms with van der Waals surface area (Å²) in [6.07, 6.45) is 1.28. The van der Waals surface area contributed by atoms with Crippen LogP contribution < -0.4 is 5.32 Å². The maximum absolute atomic E-state index is 12.7. The van der Waals surface area contributed by atoms with Gasteiger partial charge in [-0.25, -0.2) is 9.59 Å². The van der Waals surface area contributed by atoms with Crippen molar-refractivity contribution in [3.8, 4) is 0 Å². The largest absolute Gasteiger partial charge is 0.467 e. The normalized spacial score (nSPS) is 16.8. The Balaban J connectivity index is 1.95. The van der Waals surface area contributed by atoms with Crippen LogP contribution in [0.4, 0.5) is 4.79 Å². The Morgan fingerprint density at radius 1 is 1.21 bits per heavy atom. The van der Waals surface area contributed by atoms with Gasteiger partial charge >= 0.3 is 12.1 Å². The third-order valence-electron chi connectivity index (χ3n) is 4.90. The molecule has 0 spiro atoms. The topological polar surface area (TPSA) is 102 Å². The molecular weight excluding hydrogens is 376 g/mol. The number of hydrogen-bond acceptors (Lipinski definition) is 6. The quantitative estimate of drug-likeness (QED) is 0.633. The Morgan fingerprint density at radius 2 is 1.93 bits per heavy atom. The van der Waals surface area contributed by atoms with E-state index in [4.69, 9.17) is 9.47 Å². The first-order chi connectivity index (χ1) is 14.0. The smallest absolute Gasteiger partial charge is 0.410 e. The third kappa shape index (κ3) is 6.58. The molecule has 8 nitrogen and oxygen atoms in total. The van der Waals surface area contributed by atoms with E-state index in [-0.39, 0.29) is 25.2 Å². The summed E-state index contributed by atoms with van der Waals surface area (Å²) >= 11 is 0. The Hall–Kier alpha value is -2.90. The monoisotopic (exact) mass is 404 g/mol. The van der Waals surface area contributed by atoms with Crippen LogP contribution in [0.5, 0.6) is 0 Å². The van der Waals surface area contributed by atoms with Gasteiger partial charge < -0.3 is 14.8 Å². The molecule has 2 atom stereocenters. The maximum atomic E-state index is 12.7. The first-order valence-electron chi connectivity index (χ1n) is 9.83.